The first-order valence-corrected chi connectivity index (χ1v) is 10.8. The maximum atomic E-state index is 14.3. The van der Waals surface area contributed by atoms with Gasteiger partial charge in [-0.3, -0.25) is 4.79 Å². The number of anilines is 1. The molecule has 2 aromatic heterocycles. The predicted octanol–water partition coefficient (Wildman–Crippen LogP) is 5.00. The molecule has 0 bridgehead atoms. The first kappa shape index (κ1) is 23.2. The van der Waals surface area contributed by atoms with E-state index < -0.39 is 17.7 Å². The zero-order valence-corrected chi connectivity index (χ0v) is 18.8. The number of aliphatic carboxylic acids is 1. The number of rotatable bonds is 9. The lowest BCUT2D eigenvalue weighted by Gasteiger charge is -2.19. The molecule has 0 fully saturated rings. The van der Waals surface area contributed by atoms with Gasteiger partial charge in [0.05, 0.1) is 18.7 Å². The second-order valence-corrected chi connectivity index (χ2v) is 8.03. The van der Waals surface area contributed by atoms with Crippen LogP contribution in [-0.4, -0.2) is 46.2 Å². The van der Waals surface area contributed by atoms with E-state index in [1.165, 1.54) is 12.1 Å². The summed E-state index contributed by atoms with van der Waals surface area (Å²) in [4.78, 5) is 24.3. The average Bonchev–Trinajstić information content (AvgIpc) is 3.25. The minimum absolute atomic E-state index is 0.156. The normalized spacial score (nSPS) is 12.0. The highest BCUT2D eigenvalue weighted by Gasteiger charge is 2.16. The highest BCUT2D eigenvalue weighted by atomic mass is 19.1. The number of nitrogens with one attached hydrogen (secondary N) is 1. The Balaban J connectivity index is 1.35. The Bertz CT molecular complexity index is 1310. The van der Waals surface area contributed by atoms with Crippen molar-refractivity contribution in [2.45, 2.75) is 19.3 Å². The van der Waals surface area contributed by atoms with Crippen LogP contribution >= 0.6 is 0 Å². The van der Waals surface area contributed by atoms with E-state index in [1.54, 1.807) is 31.0 Å². The van der Waals surface area contributed by atoms with Crippen LogP contribution in [0.2, 0.25) is 0 Å². The van der Waals surface area contributed by atoms with Crippen LogP contribution in [0.4, 0.5) is 14.6 Å². The van der Waals surface area contributed by atoms with Gasteiger partial charge < -0.3 is 19.7 Å². The van der Waals surface area contributed by atoms with Gasteiger partial charge in [0.1, 0.15) is 11.6 Å². The van der Waals surface area contributed by atoms with E-state index in [9.17, 15) is 18.7 Å². The zero-order valence-electron chi connectivity index (χ0n) is 18.8. The topological polar surface area (TPSA) is 91.3 Å². The SMILES string of the molecule is CC(C(=O)O)c1cc2cc(OCCCN(C)c3nc(-c4ccc(F)cc4)ncc3F)ccc2[nH]1. The van der Waals surface area contributed by atoms with E-state index in [4.69, 9.17) is 4.74 Å². The van der Waals surface area contributed by atoms with Crippen LogP contribution in [0.3, 0.4) is 0 Å². The lowest BCUT2D eigenvalue weighted by molar-refractivity contribution is -0.138. The van der Waals surface area contributed by atoms with Crippen molar-refractivity contribution in [1.29, 1.82) is 0 Å². The van der Waals surface area contributed by atoms with Gasteiger partial charge in [-0.2, -0.15) is 0 Å². The summed E-state index contributed by atoms with van der Waals surface area (Å²) < 4.78 is 33.3. The third-order valence-corrected chi connectivity index (χ3v) is 5.55. The maximum Gasteiger partial charge on any atom is 0.312 e. The largest absolute Gasteiger partial charge is 0.494 e. The molecule has 0 aliphatic carbocycles. The Hall–Kier alpha value is -4.01. The minimum Gasteiger partial charge on any atom is -0.494 e. The van der Waals surface area contributed by atoms with Gasteiger partial charge in [-0.05, 0) is 61.9 Å². The number of hydrogen-bond acceptors (Lipinski definition) is 5. The molecule has 9 heteroatoms. The molecule has 0 aliphatic heterocycles. The van der Waals surface area contributed by atoms with E-state index in [2.05, 4.69) is 15.0 Å². The average molecular weight is 466 g/mol. The van der Waals surface area contributed by atoms with E-state index in [0.717, 1.165) is 17.1 Å². The molecule has 7 nitrogen and oxygen atoms in total. The lowest BCUT2D eigenvalue weighted by Crippen LogP contribution is -2.23. The number of halogens is 2. The first-order chi connectivity index (χ1) is 16.3. The van der Waals surface area contributed by atoms with Gasteiger partial charge in [0.2, 0.25) is 0 Å². The van der Waals surface area contributed by atoms with Gasteiger partial charge in [0.15, 0.2) is 17.5 Å². The standard InChI is InChI=1S/C25H24F2N4O3/c1-15(25(32)33)22-13-17-12-19(8-9-21(17)29-22)34-11-3-10-31(2)24-20(27)14-28-23(30-24)16-4-6-18(26)7-5-16/h4-9,12-15,29H,3,10-11H2,1-2H3,(H,32,33). The third kappa shape index (κ3) is 5.14. The molecule has 1 unspecified atom stereocenters. The second kappa shape index (κ2) is 9.86. The molecular weight excluding hydrogens is 442 g/mol. The molecule has 34 heavy (non-hydrogen) atoms. The smallest absolute Gasteiger partial charge is 0.312 e. The quantitative estimate of drug-likeness (QED) is 0.338. The number of aromatic amines is 1. The molecule has 0 radical (unpaired) electrons. The Morgan fingerprint density at radius 2 is 1.94 bits per heavy atom. The van der Waals surface area contributed by atoms with Crippen molar-refractivity contribution >= 4 is 22.7 Å². The Labute approximate surface area is 195 Å². The number of carboxylic acids is 1. The number of carbonyl (C=O) groups is 1. The number of ether oxygens (including phenoxy) is 1. The number of carboxylic acid groups (broad SMARTS) is 1. The van der Waals surface area contributed by atoms with Crippen molar-refractivity contribution in [1.82, 2.24) is 15.0 Å². The van der Waals surface area contributed by atoms with Crippen molar-refractivity contribution < 1.29 is 23.4 Å². The summed E-state index contributed by atoms with van der Waals surface area (Å²) in [5.41, 5.74) is 2.07. The molecule has 4 aromatic rings. The molecule has 0 spiro atoms. The number of benzene rings is 2. The third-order valence-electron chi connectivity index (χ3n) is 5.55. The number of aromatic nitrogens is 3. The van der Waals surface area contributed by atoms with Gasteiger partial charge >= 0.3 is 5.97 Å². The van der Waals surface area contributed by atoms with Gasteiger partial charge in [-0.15, -0.1) is 0 Å². The molecule has 4 rings (SSSR count). The monoisotopic (exact) mass is 466 g/mol. The van der Waals surface area contributed by atoms with Crippen molar-refractivity contribution in [3.63, 3.8) is 0 Å². The second-order valence-electron chi connectivity index (χ2n) is 8.03. The molecular formula is C25H24F2N4O3. The van der Waals surface area contributed by atoms with Crippen LogP contribution in [0.25, 0.3) is 22.3 Å². The molecule has 0 saturated carbocycles. The van der Waals surface area contributed by atoms with Gasteiger partial charge in [-0.1, -0.05) is 0 Å². The highest BCUT2D eigenvalue weighted by Crippen LogP contribution is 2.26. The summed E-state index contributed by atoms with van der Waals surface area (Å²) >= 11 is 0. The van der Waals surface area contributed by atoms with Gasteiger partial charge in [-0.25, -0.2) is 18.7 Å². The van der Waals surface area contributed by atoms with Gasteiger partial charge in [0, 0.05) is 35.8 Å². The Morgan fingerprint density at radius 1 is 1.18 bits per heavy atom. The van der Waals surface area contributed by atoms with Crippen LogP contribution in [-0.2, 0) is 4.79 Å². The molecule has 0 amide bonds. The summed E-state index contributed by atoms with van der Waals surface area (Å²) in [7, 11) is 1.73. The number of nitrogens with zero attached hydrogens (tertiary/aromatic N) is 3. The summed E-state index contributed by atoms with van der Waals surface area (Å²) in [5.74, 6) is -1.29. The Kier molecular flexibility index (Phi) is 6.72. The number of hydrogen-bond donors (Lipinski definition) is 2. The fourth-order valence-electron chi connectivity index (χ4n) is 3.55. The fraction of sp³-hybridized carbons (Fsp3) is 0.240. The van der Waals surface area contributed by atoms with Gasteiger partial charge in [0.25, 0.3) is 0 Å². The first-order valence-electron chi connectivity index (χ1n) is 10.8. The van der Waals surface area contributed by atoms with Crippen molar-refractivity contribution in [3.05, 3.63) is 72.1 Å². The van der Waals surface area contributed by atoms with Crippen molar-refractivity contribution in [2.75, 3.05) is 25.1 Å². The summed E-state index contributed by atoms with van der Waals surface area (Å²) in [6.45, 7) is 2.52. The van der Waals surface area contributed by atoms with Crippen LogP contribution in [0.15, 0.2) is 54.7 Å². The summed E-state index contributed by atoms with van der Waals surface area (Å²) in [6, 6.07) is 13.0. The van der Waals surface area contributed by atoms with E-state index in [1.807, 2.05) is 24.3 Å². The van der Waals surface area contributed by atoms with Crippen LogP contribution < -0.4 is 9.64 Å². The summed E-state index contributed by atoms with van der Waals surface area (Å²) in [6.07, 6.45) is 1.72. The van der Waals surface area contributed by atoms with Crippen molar-refractivity contribution in [2.24, 2.45) is 0 Å². The molecule has 0 saturated heterocycles. The minimum atomic E-state index is -0.892. The molecule has 176 valence electrons. The molecule has 2 aromatic carbocycles. The Morgan fingerprint density at radius 3 is 2.68 bits per heavy atom. The molecule has 2 heterocycles. The maximum absolute atomic E-state index is 14.3. The lowest BCUT2D eigenvalue weighted by atomic mass is 10.1. The molecule has 0 aliphatic rings. The highest BCUT2D eigenvalue weighted by molar-refractivity contribution is 5.84. The molecule has 1 atom stereocenters. The number of fused-ring (bicyclic) bond motifs is 1. The van der Waals surface area contributed by atoms with Crippen LogP contribution in [0.5, 0.6) is 5.75 Å². The predicted molar refractivity (Wildman–Crippen MR) is 125 cm³/mol. The summed E-state index contributed by atoms with van der Waals surface area (Å²) in [5, 5.41) is 10.1. The fourth-order valence-corrected chi connectivity index (χ4v) is 3.55. The molecule has 2 N–H and O–H groups in total. The van der Waals surface area contributed by atoms with E-state index >= 15 is 0 Å². The van der Waals surface area contributed by atoms with E-state index in [-0.39, 0.29) is 11.6 Å². The van der Waals surface area contributed by atoms with Crippen LogP contribution in [0.1, 0.15) is 25.0 Å². The van der Waals surface area contributed by atoms with E-state index in [0.29, 0.717) is 42.4 Å². The van der Waals surface area contributed by atoms with Crippen molar-refractivity contribution in [3.8, 4) is 17.1 Å². The van der Waals surface area contributed by atoms with Crippen LogP contribution in [0, 0.1) is 11.6 Å². The zero-order chi connectivity index (χ0) is 24.2. The number of H-pyrrole nitrogens is 1.